The Bertz CT molecular complexity index is 1190. The van der Waals surface area contributed by atoms with Crippen LogP contribution in [-0.2, 0) is 4.79 Å². The van der Waals surface area contributed by atoms with Crippen LogP contribution >= 0.6 is 46.4 Å². The minimum absolute atomic E-state index is 0.0689. The number of hydrogen-bond donors (Lipinski definition) is 1. The summed E-state index contributed by atoms with van der Waals surface area (Å²) in [6, 6.07) is 15.7. The summed E-state index contributed by atoms with van der Waals surface area (Å²) < 4.78 is 0. The summed E-state index contributed by atoms with van der Waals surface area (Å²) in [4.78, 5) is 20.2. The van der Waals surface area contributed by atoms with Gasteiger partial charge in [-0.25, -0.2) is 4.99 Å². The molecule has 3 aromatic rings. The Morgan fingerprint density at radius 2 is 1.67 bits per heavy atom. The van der Waals surface area contributed by atoms with Gasteiger partial charge in [0.2, 0.25) is 0 Å². The number of amides is 1. The van der Waals surface area contributed by atoms with E-state index in [0.29, 0.717) is 37.0 Å². The summed E-state index contributed by atoms with van der Waals surface area (Å²) in [6.45, 7) is 5.01. The minimum atomic E-state index is -0.513. The summed E-state index contributed by atoms with van der Waals surface area (Å²) >= 11 is 25.2. The van der Waals surface area contributed by atoms with Crippen molar-refractivity contribution in [3.05, 3.63) is 85.8 Å². The average molecular weight is 523 g/mol. The van der Waals surface area contributed by atoms with Crippen LogP contribution < -0.4 is 10.2 Å². The van der Waals surface area contributed by atoms with Gasteiger partial charge in [-0.1, -0.05) is 59.4 Å². The number of aliphatic imine (C=N–C) groups is 1. The van der Waals surface area contributed by atoms with Gasteiger partial charge in [0.15, 0.2) is 0 Å². The lowest BCUT2D eigenvalue weighted by Crippen LogP contribution is -2.24. The van der Waals surface area contributed by atoms with Crippen LogP contribution in [0.4, 0.5) is 17.1 Å². The van der Waals surface area contributed by atoms with Crippen molar-refractivity contribution in [2.24, 2.45) is 4.99 Å². The Balaban J connectivity index is 2.09. The first kappa shape index (κ1) is 25.4. The Kier molecular flexibility index (Phi) is 8.66. The van der Waals surface area contributed by atoms with Crippen molar-refractivity contribution in [2.75, 3.05) is 23.8 Å². The fraction of sp³-hybridized carbons (Fsp3) is 0.200. The molecule has 0 heterocycles. The molecule has 0 saturated heterocycles. The molecule has 0 aliphatic carbocycles. The quantitative estimate of drug-likeness (QED) is 0.317. The lowest BCUT2D eigenvalue weighted by molar-refractivity contribution is -0.110. The molecule has 0 aromatic heterocycles. The third-order valence-corrected chi connectivity index (χ3v) is 6.20. The van der Waals surface area contributed by atoms with Crippen LogP contribution in [0, 0.1) is 6.92 Å². The van der Waals surface area contributed by atoms with Crippen molar-refractivity contribution in [3.8, 4) is 0 Å². The molecule has 1 amide bonds. The highest BCUT2D eigenvalue weighted by molar-refractivity contribution is 6.55. The largest absolute Gasteiger partial charge is 0.375 e. The van der Waals surface area contributed by atoms with E-state index in [4.69, 9.17) is 46.4 Å². The molecule has 0 fully saturated rings. The van der Waals surface area contributed by atoms with Gasteiger partial charge < -0.3 is 10.2 Å². The SMILES string of the molecule is CCCN(C)c1ccc(N=C(C(=O)Nc2cc(Cl)ccc2Cl)c2c(Cl)cccc2Cl)c(C)c1. The van der Waals surface area contributed by atoms with Crippen LogP contribution in [0.15, 0.2) is 59.6 Å². The second kappa shape index (κ2) is 11.3. The fourth-order valence-corrected chi connectivity index (χ4v) is 4.22. The monoisotopic (exact) mass is 521 g/mol. The third-order valence-electron chi connectivity index (χ3n) is 5.00. The number of nitrogens with zero attached hydrogens (tertiary/aromatic N) is 2. The summed E-state index contributed by atoms with van der Waals surface area (Å²) in [6.07, 6.45) is 1.04. The molecule has 33 heavy (non-hydrogen) atoms. The van der Waals surface area contributed by atoms with Gasteiger partial charge in [-0.3, -0.25) is 4.79 Å². The molecule has 3 rings (SSSR count). The summed E-state index contributed by atoms with van der Waals surface area (Å²) in [5.74, 6) is -0.513. The Morgan fingerprint density at radius 3 is 2.30 bits per heavy atom. The Morgan fingerprint density at radius 1 is 0.970 bits per heavy atom. The second-order valence-corrected chi connectivity index (χ2v) is 9.19. The molecular weight excluding hydrogens is 500 g/mol. The van der Waals surface area contributed by atoms with Crippen LogP contribution in [-0.4, -0.2) is 25.2 Å². The molecule has 0 radical (unpaired) electrons. The van der Waals surface area contributed by atoms with Crippen molar-refractivity contribution < 1.29 is 4.79 Å². The van der Waals surface area contributed by atoms with Gasteiger partial charge in [-0.2, -0.15) is 0 Å². The number of nitrogens with one attached hydrogen (secondary N) is 1. The van der Waals surface area contributed by atoms with Gasteiger partial charge in [0, 0.05) is 29.9 Å². The van der Waals surface area contributed by atoms with Gasteiger partial charge in [-0.05, 0) is 67.4 Å². The van der Waals surface area contributed by atoms with Crippen molar-refractivity contribution in [1.82, 2.24) is 0 Å². The maximum absolute atomic E-state index is 13.4. The third kappa shape index (κ3) is 6.21. The molecule has 0 saturated carbocycles. The van der Waals surface area contributed by atoms with E-state index in [1.54, 1.807) is 36.4 Å². The maximum Gasteiger partial charge on any atom is 0.275 e. The summed E-state index contributed by atoms with van der Waals surface area (Å²) in [7, 11) is 2.04. The van der Waals surface area contributed by atoms with E-state index in [2.05, 4.69) is 22.1 Å². The number of rotatable bonds is 7. The summed E-state index contributed by atoms with van der Waals surface area (Å²) in [5, 5.41) is 4.18. The number of carbonyl (C=O) groups excluding carboxylic acids is 1. The molecule has 0 unspecified atom stereocenters. The van der Waals surface area contributed by atoms with Crippen molar-refractivity contribution in [3.63, 3.8) is 0 Å². The minimum Gasteiger partial charge on any atom is -0.375 e. The number of halogens is 4. The highest BCUT2D eigenvalue weighted by Gasteiger charge is 2.22. The first-order chi connectivity index (χ1) is 15.7. The lowest BCUT2D eigenvalue weighted by atomic mass is 10.1. The molecule has 0 atom stereocenters. The molecule has 0 aliphatic heterocycles. The molecule has 1 N–H and O–H groups in total. The zero-order chi connectivity index (χ0) is 24.1. The predicted octanol–water partition coefficient (Wildman–Crippen LogP) is 8.21. The first-order valence-electron chi connectivity index (χ1n) is 10.3. The second-order valence-electron chi connectivity index (χ2n) is 7.53. The Hall–Kier alpha value is -2.24. The first-order valence-corrected chi connectivity index (χ1v) is 11.8. The molecule has 0 aliphatic rings. The zero-order valence-electron chi connectivity index (χ0n) is 18.4. The summed E-state index contributed by atoms with van der Waals surface area (Å²) in [5.41, 5.74) is 3.37. The molecule has 0 bridgehead atoms. The molecule has 8 heteroatoms. The normalized spacial score (nSPS) is 11.4. The number of anilines is 2. The molecule has 172 valence electrons. The van der Waals surface area contributed by atoms with Gasteiger partial charge in [-0.15, -0.1) is 0 Å². The van der Waals surface area contributed by atoms with Crippen LogP contribution in [0.1, 0.15) is 24.5 Å². The van der Waals surface area contributed by atoms with E-state index in [1.165, 1.54) is 0 Å². The van der Waals surface area contributed by atoms with Crippen LogP contribution in [0.2, 0.25) is 20.1 Å². The van der Waals surface area contributed by atoms with Crippen molar-refractivity contribution >= 4 is 75.1 Å². The van der Waals surface area contributed by atoms with Crippen LogP contribution in [0.5, 0.6) is 0 Å². The number of hydrogen-bond acceptors (Lipinski definition) is 3. The van der Waals surface area contributed by atoms with E-state index in [-0.39, 0.29) is 5.71 Å². The average Bonchev–Trinajstić information content (AvgIpc) is 2.76. The van der Waals surface area contributed by atoms with E-state index >= 15 is 0 Å². The van der Waals surface area contributed by atoms with Crippen LogP contribution in [0.25, 0.3) is 0 Å². The predicted molar refractivity (Wildman–Crippen MR) is 142 cm³/mol. The smallest absolute Gasteiger partial charge is 0.275 e. The number of aryl methyl sites for hydroxylation is 1. The van der Waals surface area contributed by atoms with Crippen molar-refractivity contribution in [1.29, 1.82) is 0 Å². The number of benzene rings is 3. The van der Waals surface area contributed by atoms with Crippen molar-refractivity contribution in [2.45, 2.75) is 20.3 Å². The van der Waals surface area contributed by atoms with E-state index in [1.807, 2.05) is 32.2 Å². The molecular formula is C25H23Cl4N3O. The van der Waals surface area contributed by atoms with Crippen LogP contribution in [0.3, 0.4) is 0 Å². The molecule has 4 nitrogen and oxygen atoms in total. The number of carbonyl (C=O) groups is 1. The molecule has 3 aromatic carbocycles. The highest BCUT2D eigenvalue weighted by Crippen LogP contribution is 2.31. The van der Waals surface area contributed by atoms with E-state index in [0.717, 1.165) is 24.2 Å². The lowest BCUT2D eigenvalue weighted by Gasteiger charge is -2.19. The standard InChI is InChI=1S/C25H23Cl4N3O/c1-4-12-32(3)17-9-11-21(15(2)13-17)30-24(23-19(28)6-5-7-20(23)29)25(33)31-22-14-16(26)8-10-18(22)27/h5-11,13-14H,4,12H2,1-3H3,(H,31,33). The fourth-order valence-electron chi connectivity index (χ4n) is 3.31. The van der Waals surface area contributed by atoms with Gasteiger partial charge >= 0.3 is 0 Å². The highest BCUT2D eigenvalue weighted by atomic mass is 35.5. The van der Waals surface area contributed by atoms with E-state index < -0.39 is 5.91 Å². The topological polar surface area (TPSA) is 44.7 Å². The maximum atomic E-state index is 13.4. The Labute approximate surface area is 214 Å². The van der Waals surface area contributed by atoms with Gasteiger partial charge in [0.1, 0.15) is 5.71 Å². The molecule has 0 spiro atoms. The van der Waals surface area contributed by atoms with Gasteiger partial charge in [0.05, 0.1) is 26.4 Å². The zero-order valence-corrected chi connectivity index (χ0v) is 21.4. The van der Waals surface area contributed by atoms with E-state index in [9.17, 15) is 4.79 Å². The van der Waals surface area contributed by atoms with Gasteiger partial charge in [0.25, 0.3) is 5.91 Å².